The molecule has 0 fully saturated rings. The van der Waals surface area contributed by atoms with Crippen LogP contribution in [0.5, 0.6) is 5.75 Å². The molecule has 0 saturated carbocycles. The predicted molar refractivity (Wildman–Crippen MR) is 89.3 cm³/mol. The van der Waals surface area contributed by atoms with Crippen molar-refractivity contribution in [3.63, 3.8) is 0 Å². The van der Waals surface area contributed by atoms with Crippen LogP contribution in [0.25, 0.3) is 0 Å². The topological polar surface area (TPSA) is 95.9 Å². The van der Waals surface area contributed by atoms with Gasteiger partial charge in [-0.25, -0.2) is 4.79 Å². The summed E-state index contributed by atoms with van der Waals surface area (Å²) in [6, 6.07) is 8.05. The SMILES string of the molecule is CC(C)COc1cccc(CCNCCC(=O)O)c1.O=C(O)C(F)(F)F. The van der Waals surface area contributed by atoms with Crippen molar-refractivity contribution in [3.8, 4) is 5.75 Å². The Balaban J connectivity index is 0.000000758. The van der Waals surface area contributed by atoms with Crippen LogP contribution in [0.4, 0.5) is 13.2 Å². The van der Waals surface area contributed by atoms with Crippen molar-refractivity contribution < 1.29 is 37.7 Å². The van der Waals surface area contributed by atoms with Gasteiger partial charge in [-0.3, -0.25) is 4.79 Å². The van der Waals surface area contributed by atoms with Crippen molar-refractivity contribution in [1.29, 1.82) is 0 Å². The molecule has 1 rings (SSSR count). The van der Waals surface area contributed by atoms with E-state index in [1.54, 1.807) is 0 Å². The summed E-state index contributed by atoms with van der Waals surface area (Å²) in [6.45, 7) is 6.26. The molecule has 0 heterocycles. The van der Waals surface area contributed by atoms with Crippen molar-refractivity contribution in [1.82, 2.24) is 5.32 Å². The highest BCUT2D eigenvalue weighted by molar-refractivity contribution is 5.73. The molecule has 0 amide bonds. The van der Waals surface area contributed by atoms with Gasteiger partial charge in [0.2, 0.25) is 0 Å². The van der Waals surface area contributed by atoms with Crippen LogP contribution in [0.1, 0.15) is 25.8 Å². The van der Waals surface area contributed by atoms with Crippen LogP contribution in [-0.2, 0) is 16.0 Å². The predicted octanol–water partition coefficient (Wildman–Crippen LogP) is 2.96. The summed E-state index contributed by atoms with van der Waals surface area (Å²) in [5.74, 6) is -2.11. The van der Waals surface area contributed by atoms with E-state index in [9.17, 15) is 18.0 Å². The molecule has 0 unspecified atom stereocenters. The van der Waals surface area contributed by atoms with Gasteiger partial charge in [-0.05, 0) is 36.6 Å². The number of hydrogen-bond acceptors (Lipinski definition) is 4. The quantitative estimate of drug-likeness (QED) is 0.571. The zero-order valence-corrected chi connectivity index (χ0v) is 14.7. The lowest BCUT2D eigenvalue weighted by molar-refractivity contribution is -0.192. The van der Waals surface area contributed by atoms with Crippen molar-refractivity contribution in [3.05, 3.63) is 29.8 Å². The van der Waals surface area contributed by atoms with Gasteiger partial charge in [-0.15, -0.1) is 0 Å². The van der Waals surface area contributed by atoms with Crippen molar-refractivity contribution >= 4 is 11.9 Å². The van der Waals surface area contributed by atoms with E-state index >= 15 is 0 Å². The number of aliphatic carboxylic acids is 2. The number of ether oxygens (including phenoxy) is 1. The minimum Gasteiger partial charge on any atom is -0.493 e. The van der Waals surface area contributed by atoms with Crippen LogP contribution in [0.3, 0.4) is 0 Å². The highest BCUT2D eigenvalue weighted by Gasteiger charge is 2.38. The first-order valence-electron chi connectivity index (χ1n) is 7.96. The fourth-order valence-electron chi connectivity index (χ4n) is 1.61. The van der Waals surface area contributed by atoms with Gasteiger partial charge in [0.1, 0.15) is 5.75 Å². The van der Waals surface area contributed by atoms with E-state index < -0.39 is 18.1 Å². The Morgan fingerprint density at radius 2 is 1.81 bits per heavy atom. The lowest BCUT2D eigenvalue weighted by atomic mass is 10.1. The second-order valence-electron chi connectivity index (χ2n) is 5.80. The lowest BCUT2D eigenvalue weighted by Gasteiger charge is -2.10. The van der Waals surface area contributed by atoms with Crippen LogP contribution in [0.2, 0.25) is 0 Å². The van der Waals surface area contributed by atoms with Gasteiger partial charge in [0.15, 0.2) is 0 Å². The van der Waals surface area contributed by atoms with Crippen LogP contribution >= 0.6 is 0 Å². The molecule has 0 radical (unpaired) electrons. The first kappa shape index (κ1) is 23.7. The summed E-state index contributed by atoms with van der Waals surface area (Å²) < 4.78 is 37.4. The molecular formula is C17H24F3NO5. The number of alkyl halides is 3. The Hall–Kier alpha value is -2.29. The van der Waals surface area contributed by atoms with Gasteiger partial charge < -0.3 is 20.3 Å². The Labute approximate surface area is 150 Å². The fraction of sp³-hybridized carbons (Fsp3) is 0.529. The number of hydrogen-bond donors (Lipinski definition) is 3. The zero-order chi connectivity index (χ0) is 20.2. The first-order chi connectivity index (χ1) is 12.0. The molecule has 0 aliphatic carbocycles. The molecule has 6 nitrogen and oxygen atoms in total. The summed E-state index contributed by atoms with van der Waals surface area (Å²) in [7, 11) is 0. The molecule has 1 aromatic rings. The average molecular weight is 379 g/mol. The third-order valence-corrected chi connectivity index (χ3v) is 2.83. The summed E-state index contributed by atoms with van der Waals surface area (Å²) >= 11 is 0. The summed E-state index contributed by atoms with van der Waals surface area (Å²) in [5.41, 5.74) is 1.20. The van der Waals surface area contributed by atoms with Gasteiger partial charge in [0.05, 0.1) is 13.0 Å². The zero-order valence-electron chi connectivity index (χ0n) is 14.7. The Morgan fingerprint density at radius 1 is 1.19 bits per heavy atom. The van der Waals surface area contributed by atoms with E-state index in [-0.39, 0.29) is 6.42 Å². The van der Waals surface area contributed by atoms with Crippen LogP contribution in [0, 0.1) is 5.92 Å². The van der Waals surface area contributed by atoms with E-state index in [1.807, 2.05) is 18.2 Å². The normalized spacial score (nSPS) is 10.8. The molecule has 0 bridgehead atoms. The molecule has 9 heteroatoms. The molecule has 0 aromatic heterocycles. The molecule has 0 spiro atoms. The molecule has 0 atom stereocenters. The molecule has 0 saturated heterocycles. The number of benzene rings is 1. The summed E-state index contributed by atoms with van der Waals surface area (Å²) in [4.78, 5) is 19.2. The maximum Gasteiger partial charge on any atom is 0.490 e. The molecular weight excluding hydrogens is 355 g/mol. The largest absolute Gasteiger partial charge is 0.493 e. The minimum absolute atomic E-state index is 0.164. The van der Waals surface area contributed by atoms with Crippen LogP contribution in [-0.4, -0.2) is 48.0 Å². The smallest absolute Gasteiger partial charge is 0.490 e. The number of nitrogens with one attached hydrogen (secondary N) is 1. The van der Waals surface area contributed by atoms with Crippen LogP contribution < -0.4 is 10.1 Å². The number of carboxylic acids is 2. The molecule has 26 heavy (non-hydrogen) atoms. The third-order valence-electron chi connectivity index (χ3n) is 2.83. The van der Waals surface area contributed by atoms with E-state index in [0.29, 0.717) is 12.5 Å². The molecule has 1 aromatic carbocycles. The van der Waals surface area contributed by atoms with Gasteiger partial charge in [0.25, 0.3) is 0 Å². The van der Waals surface area contributed by atoms with Gasteiger partial charge >= 0.3 is 18.1 Å². The first-order valence-corrected chi connectivity index (χ1v) is 7.96. The van der Waals surface area contributed by atoms with Gasteiger partial charge in [-0.2, -0.15) is 13.2 Å². The van der Waals surface area contributed by atoms with Gasteiger partial charge in [0, 0.05) is 6.54 Å². The lowest BCUT2D eigenvalue weighted by Crippen LogP contribution is -2.21. The average Bonchev–Trinajstić information content (AvgIpc) is 2.52. The van der Waals surface area contributed by atoms with E-state index in [1.165, 1.54) is 5.56 Å². The highest BCUT2D eigenvalue weighted by atomic mass is 19.4. The fourth-order valence-corrected chi connectivity index (χ4v) is 1.61. The van der Waals surface area contributed by atoms with E-state index in [0.717, 1.165) is 25.3 Å². The van der Waals surface area contributed by atoms with E-state index in [4.69, 9.17) is 19.7 Å². The number of carbonyl (C=O) groups is 2. The Kier molecular flexibility index (Phi) is 11.1. The number of rotatable bonds is 9. The second-order valence-corrected chi connectivity index (χ2v) is 5.80. The Bertz CT molecular complexity index is 562. The van der Waals surface area contributed by atoms with Gasteiger partial charge in [-0.1, -0.05) is 26.0 Å². The maximum absolute atomic E-state index is 10.6. The van der Waals surface area contributed by atoms with Crippen molar-refractivity contribution in [2.75, 3.05) is 19.7 Å². The summed E-state index contributed by atoms with van der Waals surface area (Å²) in [6.07, 6.45) is -4.05. The second kappa shape index (κ2) is 12.1. The highest BCUT2D eigenvalue weighted by Crippen LogP contribution is 2.14. The maximum atomic E-state index is 10.6. The minimum atomic E-state index is -5.08. The van der Waals surface area contributed by atoms with Crippen molar-refractivity contribution in [2.45, 2.75) is 32.9 Å². The summed E-state index contributed by atoms with van der Waals surface area (Å²) in [5, 5.41) is 18.8. The molecule has 0 aliphatic rings. The number of carboxylic acid groups (broad SMARTS) is 2. The standard InChI is InChI=1S/C15H23NO3.C2HF3O2/c1-12(2)11-19-14-5-3-4-13(10-14)6-8-16-9-7-15(17)18;3-2(4,5)1(6)7/h3-5,10,12,16H,6-9,11H2,1-2H3,(H,17,18);(H,6,7). The third kappa shape index (κ3) is 13.1. The molecule has 148 valence electrons. The molecule has 0 aliphatic heterocycles. The van der Waals surface area contributed by atoms with Crippen LogP contribution in [0.15, 0.2) is 24.3 Å². The number of halogens is 3. The van der Waals surface area contributed by atoms with Crippen molar-refractivity contribution in [2.24, 2.45) is 5.92 Å². The van der Waals surface area contributed by atoms with E-state index in [2.05, 4.69) is 25.2 Å². The monoisotopic (exact) mass is 379 g/mol. The Morgan fingerprint density at radius 3 is 2.31 bits per heavy atom. The molecule has 3 N–H and O–H groups in total.